The van der Waals surface area contributed by atoms with E-state index >= 15 is 0 Å². The van der Waals surface area contributed by atoms with Crippen molar-refractivity contribution in [3.63, 3.8) is 0 Å². The molecule has 0 radical (unpaired) electrons. The average Bonchev–Trinajstić information content (AvgIpc) is 2.82. The van der Waals surface area contributed by atoms with Gasteiger partial charge in [0, 0.05) is 12.0 Å². The van der Waals surface area contributed by atoms with E-state index in [1.54, 1.807) is 6.07 Å². The number of imidazole rings is 1. The van der Waals surface area contributed by atoms with E-state index < -0.39 is 0 Å². The molecule has 0 saturated heterocycles. The number of hydrogen-bond acceptors (Lipinski definition) is 2. The molecule has 0 atom stereocenters. The Kier molecular flexibility index (Phi) is 3.60. The highest BCUT2D eigenvalue weighted by atomic mass is 19.1. The fraction of sp³-hybridized carbons (Fsp3) is 0.235. The van der Waals surface area contributed by atoms with Crippen LogP contribution in [0.25, 0.3) is 11.0 Å². The monoisotopic (exact) mass is 283 g/mol. The lowest BCUT2D eigenvalue weighted by Crippen LogP contribution is -2.06. The predicted octanol–water partition coefficient (Wildman–Crippen LogP) is 3.76. The van der Waals surface area contributed by atoms with E-state index in [9.17, 15) is 4.39 Å². The third-order valence-corrected chi connectivity index (χ3v) is 3.65. The summed E-state index contributed by atoms with van der Waals surface area (Å²) in [5.74, 6) is 0.763. The summed E-state index contributed by atoms with van der Waals surface area (Å²) in [6.07, 6.45) is 1.84. The fourth-order valence-electron chi connectivity index (χ4n) is 2.60. The molecule has 2 N–H and O–H groups in total. The Balaban J connectivity index is 2.13. The maximum atomic E-state index is 13.9. The second-order valence-electron chi connectivity index (χ2n) is 5.17. The van der Waals surface area contributed by atoms with Crippen molar-refractivity contribution in [2.24, 2.45) is 0 Å². The number of fused-ring (bicyclic) bond motifs is 1. The van der Waals surface area contributed by atoms with E-state index in [0.29, 0.717) is 17.8 Å². The van der Waals surface area contributed by atoms with Gasteiger partial charge in [-0.3, -0.25) is 0 Å². The minimum Gasteiger partial charge on any atom is -0.397 e. The molecule has 3 aromatic rings. The van der Waals surface area contributed by atoms with Crippen molar-refractivity contribution < 1.29 is 4.39 Å². The summed E-state index contributed by atoms with van der Waals surface area (Å²) in [5, 5.41) is 0. The smallest absolute Gasteiger partial charge is 0.128 e. The lowest BCUT2D eigenvalue weighted by molar-refractivity contribution is 0.596. The van der Waals surface area contributed by atoms with Gasteiger partial charge in [-0.05, 0) is 24.6 Å². The van der Waals surface area contributed by atoms with Crippen molar-refractivity contribution in [2.45, 2.75) is 26.3 Å². The summed E-state index contributed by atoms with van der Waals surface area (Å²) in [4.78, 5) is 4.64. The Morgan fingerprint density at radius 2 is 1.95 bits per heavy atom. The molecule has 3 rings (SSSR count). The number of nitrogens with two attached hydrogens (primary N) is 1. The average molecular weight is 283 g/mol. The van der Waals surface area contributed by atoms with Crippen LogP contribution in [-0.2, 0) is 13.0 Å². The van der Waals surface area contributed by atoms with E-state index in [0.717, 1.165) is 29.7 Å². The molecule has 0 aliphatic heterocycles. The Hall–Kier alpha value is -2.36. The van der Waals surface area contributed by atoms with E-state index in [4.69, 9.17) is 5.73 Å². The van der Waals surface area contributed by atoms with Crippen molar-refractivity contribution in [3.05, 3.63) is 59.7 Å². The van der Waals surface area contributed by atoms with E-state index in [1.165, 1.54) is 6.07 Å². The topological polar surface area (TPSA) is 43.8 Å². The molecule has 4 heteroatoms. The molecular formula is C17H18FN3. The number of nitrogens with zero attached hydrogens (tertiary/aromatic N) is 2. The molecule has 0 aliphatic carbocycles. The molecule has 0 spiro atoms. The van der Waals surface area contributed by atoms with Crippen LogP contribution in [0.5, 0.6) is 0 Å². The number of para-hydroxylation sites is 1. The third-order valence-electron chi connectivity index (χ3n) is 3.65. The minimum atomic E-state index is -0.189. The first-order chi connectivity index (χ1) is 10.2. The summed E-state index contributed by atoms with van der Waals surface area (Å²) in [5.41, 5.74) is 9.10. The molecule has 1 aromatic heterocycles. The second-order valence-corrected chi connectivity index (χ2v) is 5.17. The van der Waals surface area contributed by atoms with Gasteiger partial charge in [0.1, 0.15) is 17.2 Å². The minimum absolute atomic E-state index is 0.189. The Morgan fingerprint density at radius 3 is 2.71 bits per heavy atom. The maximum Gasteiger partial charge on any atom is 0.128 e. The van der Waals surface area contributed by atoms with Crippen molar-refractivity contribution >= 4 is 16.7 Å². The molecule has 21 heavy (non-hydrogen) atoms. The van der Waals surface area contributed by atoms with Gasteiger partial charge in [0.15, 0.2) is 0 Å². The third kappa shape index (κ3) is 2.49. The van der Waals surface area contributed by atoms with Gasteiger partial charge in [0.25, 0.3) is 0 Å². The number of hydrogen-bond donors (Lipinski definition) is 1. The molecule has 3 nitrogen and oxygen atoms in total. The van der Waals surface area contributed by atoms with Gasteiger partial charge in [0.05, 0.1) is 17.7 Å². The first kappa shape index (κ1) is 13.6. The first-order valence-corrected chi connectivity index (χ1v) is 7.17. The largest absolute Gasteiger partial charge is 0.397 e. The fourth-order valence-corrected chi connectivity index (χ4v) is 2.60. The van der Waals surface area contributed by atoms with Gasteiger partial charge in [0.2, 0.25) is 0 Å². The number of benzene rings is 2. The van der Waals surface area contributed by atoms with E-state index in [1.807, 2.05) is 30.3 Å². The van der Waals surface area contributed by atoms with Crippen LogP contribution in [0.3, 0.4) is 0 Å². The maximum absolute atomic E-state index is 13.9. The first-order valence-electron chi connectivity index (χ1n) is 7.17. The molecule has 1 heterocycles. The standard InChI is InChI=1S/C17H18FN3/c1-2-6-16-20-17-14(19)9-5-10-15(17)21(16)11-12-7-3-4-8-13(12)18/h3-5,7-10H,2,6,11,19H2,1H3. The predicted molar refractivity (Wildman–Crippen MR) is 83.6 cm³/mol. The Morgan fingerprint density at radius 1 is 1.14 bits per heavy atom. The van der Waals surface area contributed by atoms with Crippen LogP contribution in [0.4, 0.5) is 10.1 Å². The number of aryl methyl sites for hydroxylation is 1. The van der Waals surface area contributed by atoms with Crippen molar-refractivity contribution in [1.82, 2.24) is 9.55 Å². The van der Waals surface area contributed by atoms with Crippen LogP contribution < -0.4 is 5.73 Å². The Labute approximate surface area is 123 Å². The molecule has 0 aliphatic rings. The van der Waals surface area contributed by atoms with Gasteiger partial charge in [-0.15, -0.1) is 0 Å². The van der Waals surface area contributed by atoms with Crippen LogP contribution in [0.15, 0.2) is 42.5 Å². The summed E-state index contributed by atoms with van der Waals surface area (Å²) in [6, 6.07) is 12.6. The van der Waals surface area contributed by atoms with Gasteiger partial charge < -0.3 is 10.3 Å². The van der Waals surface area contributed by atoms with Gasteiger partial charge in [-0.1, -0.05) is 31.2 Å². The number of nitrogen functional groups attached to an aromatic ring is 1. The molecule has 0 fully saturated rings. The molecular weight excluding hydrogens is 265 g/mol. The normalized spacial score (nSPS) is 11.1. The van der Waals surface area contributed by atoms with Crippen LogP contribution in [0.1, 0.15) is 24.7 Å². The zero-order chi connectivity index (χ0) is 14.8. The lowest BCUT2D eigenvalue weighted by Gasteiger charge is -2.09. The second kappa shape index (κ2) is 5.56. The summed E-state index contributed by atoms with van der Waals surface area (Å²) in [7, 11) is 0. The highest BCUT2D eigenvalue weighted by Crippen LogP contribution is 2.24. The highest BCUT2D eigenvalue weighted by molar-refractivity contribution is 5.87. The molecule has 0 bridgehead atoms. The van der Waals surface area contributed by atoms with Crippen molar-refractivity contribution in [3.8, 4) is 0 Å². The zero-order valence-corrected chi connectivity index (χ0v) is 12.0. The SMILES string of the molecule is CCCc1nc2c(N)cccc2n1Cc1ccccc1F. The summed E-state index contributed by atoms with van der Waals surface area (Å²) >= 11 is 0. The van der Waals surface area contributed by atoms with Crippen LogP contribution >= 0.6 is 0 Å². The van der Waals surface area contributed by atoms with Gasteiger partial charge in [-0.25, -0.2) is 9.37 Å². The van der Waals surface area contributed by atoms with Crippen molar-refractivity contribution in [2.75, 3.05) is 5.73 Å². The quantitative estimate of drug-likeness (QED) is 0.741. The lowest BCUT2D eigenvalue weighted by atomic mass is 10.2. The molecule has 108 valence electrons. The number of halogens is 1. The van der Waals surface area contributed by atoms with Crippen LogP contribution in [-0.4, -0.2) is 9.55 Å². The number of aromatic nitrogens is 2. The van der Waals surface area contributed by atoms with Gasteiger partial charge in [-0.2, -0.15) is 0 Å². The highest BCUT2D eigenvalue weighted by Gasteiger charge is 2.13. The number of rotatable bonds is 4. The van der Waals surface area contributed by atoms with E-state index in [2.05, 4.69) is 16.5 Å². The van der Waals surface area contributed by atoms with Crippen LogP contribution in [0, 0.1) is 5.82 Å². The van der Waals surface area contributed by atoms with E-state index in [-0.39, 0.29) is 5.82 Å². The van der Waals surface area contributed by atoms with Gasteiger partial charge >= 0.3 is 0 Å². The molecule has 0 amide bonds. The molecule has 2 aromatic carbocycles. The number of anilines is 1. The Bertz CT molecular complexity index is 777. The van der Waals surface area contributed by atoms with Crippen LogP contribution in [0.2, 0.25) is 0 Å². The molecule has 0 saturated carbocycles. The van der Waals surface area contributed by atoms with Crippen molar-refractivity contribution in [1.29, 1.82) is 0 Å². The summed E-state index contributed by atoms with van der Waals surface area (Å²) < 4.78 is 16.0. The molecule has 0 unspecified atom stereocenters. The zero-order valence-electron chi connectivity index (χ0n) is 12.0. The summed E-state index contributed by atoms with van der Waals surface area (Å²) in [6.45, 7) is 2.58.